The van der Waals surface area contributed by atoms with Gasteiger partial charge >= 0.3 is 0 Å². The molecule has 1 fully saturated rings. The first kappa shape index (κ1) is 17.8. The van der Waals surface area contributed by atoms with Gasteiger partial charge in [-0.2, -0.15) is 4.31 Å². The van der Waals surface area contributed by atoms with Gasteiger partial charge in [-0.05, 0) is 31.9 Å². The predicted octanol–water partition coefficient (Wildman–Crippen LogP) is 2.20. The van der Waals surface area contributed by atoms with Crippen LogP contribution in [-0.2, 0) is 16.4 Å². The number of hydrogen-bond donors (Lipinski definition) is 1. The first-order chi connectivity index (χ1) is 9.88. The summed E-state index contributed by atoms with van der Waals surface area (Å²) in [5.41, 5.74) is 6.74. The van der Waals surface area contributed by atoms with Gasteiger partial charge in [0.25, 0.3) is 0 Å². The summed E-state index contributed by atoms with van der Waals surface area (Å²) in [4.78, 5) is 0.234. The fourth-order valence-electron chi connectivity index (χ4n) is 2.95. The largest absolute Gasteiger partial charge is 0.489 e. The Kier molecular flexibility index (Phi) is 5.29. The molecule has 0 saturated carbocycles. The topological polar surface area (TPSA) is 72.6 Å². The van der Waals surface area contributed by atoms with Gasteiger partial charge in [0.1, 0.15) is 11.9 Å². The fraction of sp³-hybridized carbons (Fsp3) is 0.571. The molecule has 2 aliphatic rings. The first-order valence-corrected chi connectivity index (χ1v) is 8.94. The van der Waals surface area contributed by atoms with Crippen LogP contribution in [0.25, 0.3) is 0 Å². The molecule has 2 aliphatic heterocycles. The molecular formula is C14H20Cl2N2O3S. The van der Waals surface area contributed by atoms with Crippen LogP contribution in [0.2, 0.25) is 5.02 Å². The van der Waals surface area contributed by atoms with Gasteiger partial charge in [-0.15, -0.1) is 12.4 Å². The third kappa shape index (κ3) is 3.21. The molecule has 22 heavy (non-hydrogen) atoms. The number of nitrogens with zero attached hydrogens (tertiary/aromatic N) is 1. The SMILES string of the molecule is CC1Cc2cc(S(=O)(=O)N3CCCC(N)C3)cc(Cl)c2O1.Cl. The van der Waals surface area contributed by atoms with E-state index < -0.39 is 10.0 Å². The van der Waals surface area contributed by atoms with Crippen molar-refractivity contribution < 1.29 is 13.2 Å². The minimum atomic E-state index is -3.54. The van der Waals surface area contributed by atoms with E-state index in [9.17, 15) is 8.42 Å². The van der Waals surface area contributed by atoms with Crippen molar-refractivity contribution in [3.63, 3.8) is 0 Å². The van der Waals surface area contributed by atoms with Crippen molar-refractivity contribution >= 4 is 34.0 Å². The highest BCUT2D eigenvalue weighted by Crippen LogP contribution is 2.38. The molecule has 1 saturated heterocycles. The van der Waals surface area contributed by atoms with Gasteiger partial charge in [-0.1, -0.05) is 11.6 Å². The van der Waals surface area contributed by atoms with Crippen LogP contribution in [0, 0.1) is 0 Å². The van der Waals surface area contributed by atoms with Crippen molar-refractivity contribution in [1.29, 1.82) is 0 Å². The fourth-order valence-corrected chi connectivity index (χ4v) is 4.91. The Bertz CT molecular complexity index is 666. The zero-order valence-corrected chi connectivity index (χ0v) is 14.7. The van der Waals surface area contributed by atoms with Crippen LogP contribution in [0.4, 0.5) is 0 Å². The molecule has 0 amide bonds. The standard InChI is InChI=1S/C14H19ClN2O3S.ClH/c1-9-5-10-6-12(7-13(15)14(10)20-9)21(18,19)17-4-2-3-11(16)8-17;/h6-7,9,11H,2-5,8,16H2,1H3;1H. The summed E-state index contributed by atoms with van der Waals surface area (Å²) >= 11 is 6.18. The second-order valence-corrected chi connectivity index (χ2v) is 8.14. The molecule has 2 heterocycles. The number of halogens is 2. The second-order valence-electron chi connectivity index (χ2n) is 5.79. The van der Waals surface area contributed by atoms with Gasteiger partial charge in [0.05, 0.1) is 9.92 Å². The van der Waals surface area contributed by atoms with E-state index in [1.54, 1.807) is 6.07 Å². The Morgan fingerprint density at radius 1 is 1.41 bits per heavy atom. The van der Waals surface area contributed by atoms with Gasteiger partial charge in [-0.25, -0.2) is 8.42 Å². The minimum Gasteiger partial charge on any atom is -0.489 e. The van der Waals surface area contributed by atoms with E-state index in [0.29, 0.717) is 30.3 Å². The van der Waals surface area contributed by atoms with Crippen LogP contribution >= 0.6 is 24.0 Å². The summed E-state index contributed by atoms with van der Waals surface area (Å²) in [7, 11) is -3.54. The van der Waals surface area contributed by atoms with Gasteiger partial charge < -0.3 is 10.5 Å². The van der Waals surface area contributed by atoms with Gasteiger partial charge in [-0.3, -0.25) is 0 Å². The predicted molar refractivity (Wildman–Crippen MR) is 88.5 cm³/mol. The lowest BCUT2D eigenvalue weighted by atomic mass is 10.1. The van der Waals surface area contributed by atoms with E-state index in [1.165, 1.54) is 10.4 Å². The van der Waals surface area contributed by atoms with E-state index in [1.807, 2.05) is 6.92 Å². The normalized spacial score (nSPS) is 25.2. The highest BCUT2D eigenvalue weighted by atomic mass is 35.5. The summed E-state index contributed by atoms with van der Waals surface area (Å²) in [6.45, 7) is 2.82. The molecule has 1 aromatic carbocycles. The first-order valence-electron chi connectivity index (χ1n) is 7.12. The number of sulfonamides is 1. The highest BCUT2D eigenvalue weighted by Gasteiger charge is 2.31. The van der Waals surface area contributed by atoms with Crippen LogP contribution in [0.3, 0.4) is 0 Å². The third-order valence-electron chi connectivity index (χ3n) is 3.98. The Morgan fingerprint density at radius 3 is 2.82 bits per heavy atom. The Balaban J connectivity index is 0.00000176. The number of piperidine rings is 1. The van der Waals surface area contributed by atoms with Crippen LogP contribution in [0.1, 0.15) is 25.3 Å². The molecule has 0 radical (unpaired) electrons. The quantitative estimate of drug-likeness (QED) is 0.870. The van der Waals surface area contributed by atoms with E-state index in [-0.39, 0.29) is 29.4 Å². The average Bonchev–Trinajstić information content (AvgIpc) is 2.80. The van der Waals surface area contributed by atoms with Gasteiger partial charge in [0.15, 0.2) is 0 Å². The van der Waals surface area contributed by atoms with E-state index in [2.05, 4.69) is 0 Å². The van der Waals surface area contributed by atoms with Crippen molar-refractivity contribution in [1.82, 2.24) is 4.31 Å². The van der Waals surface area contributed by atoms with Crippen molar-refractivity contribution in [2.45, 2.75) is 43.2 Å². The lowest BCUT2D eigenvalue weighted by Crippen LogP contribution is -2.45. The Labute approximate surface area is 142 Å². The molecule has 0 aliphatic carbocycles. The summed E-state index contributed by atoms with van der Waals surface area (Å²) in [6.07, 6.45) is 2.36. The number of nitrogens with two attached hydrogens (primary N) is 1. The van der Waals surface area contributed by atoms with Gasteiger partial charge in [0, 0.05) is 31.1 Å². The van der Waals surface area contributed by atoms with Crippen molar-refractivity contribution in [3.8, 4) is 5.75 Å². The number of hydrogen-bond acceptors (Lipinski definition) is 4. The zero-order chi connectivity index (χ0) is 15.2. The Hall–Kier alpha value is -0.530. The third-order valence-corrected chi connectivity index (χ3v) is 6.10. The molecule has 0 bridgehead atoms. The molecule has 0 spiro atoms. The molecule has 2 atom stereocenters. The molecular weight excluding hydrogens is 347 g/mol. The zero-order valence-electron chi connectivity index (χ0n) is 12.3. The van der Waals surface area contributed by atoms with E-state index in [0.717, 1.165) is 18.4 Å². The number of benzene rings is 1. The summed E-state index contributed by atoms with van der Waals surface area (Å²) in [5.74, 6) is 0.610. The maximum atomic E-state index is 12.7. The van der Waals surface area contributed by atoms with Crippen molar-refractivity contribution in [3.05, 3.63) is 22.7 Å². The van der Waals surface area contributed by atoms with Crippen LogP contribution in [0.15, 0.2) is 17.0 Å². The summed E-state index contributed by atoms with van der Waals surface area (Å²) in [5, 5.41) is 0.358. The second kappa shape index (κ2) is 6.53. The Morgan fingerprint density at radius 2 is 2.14 bits per heavy atom. The highest BCUT2D eigenvalue weighted by molar-refractivity contribution is 7.89. The molecule has 124 valence electrons. The molecule has 2 unspecified atom stereocenters. The van der Waals surface area contributed by atoms with Crippen LogP contribution < -0.4 is 10.5 Å². The number of rotatable bonds is 2. The molecule has 8 heteroatoms. The van der Waals surface area contributed by atoms with Crippen LogP contribution in [0.5, 0.6) is 5.75 Å². The van der Waals surface area contributed by atoms with E-state index >= 15 is 0 Å². The monoisotopic (exact) mass is 366 g/mol. The molecule has 1 aromatic rings. The van der Waals surface area contributed by atoms with Gasteiger partial charge in [0.2, 0.25) is 10.0 Å². The maximum absolute atomic E-state index is 12.7. The smallest absolute Gasteiger partial charge is 0.243 e. The lowest BCUT2D eigenvalue weighted by Gasteiger charge is -2.30. The molecule has 0 aromatic heterocycles. The minimum absolute atomic E-state index is 0. The van der Waals surface area contributed by atoms with E-state index in [4.69, 9.17) is 22.1 Å². The summed E-state index contributed by atoms with van der Waals surface area (Å²) < 4.78 is 32.5. The molecule has 5 nitrogen and oxygen atoms in total. The van der Waals surface area contributed by atoms with Crippen molar-refractivity contribution in [2.75, 3.05) is 13.1 Å². The molecule has 3 rings (SSSR count). The molecule has 2 N–H and O–H groups in total. The number of ether oxygens (including phenoxy) is 1. The average molecular weight is 367 g/mol. The lowest BCUT2D eigenvalue weighted by molar-refractivity contribution is 0.255. The maximum Gasteiger partial charge on any atom is 0.243 e. The van der Waals surface area contributed by atoms with Crippen molar-refractivity contribution in [2.24, 2.45) is 5.73 Å². The van der Waals surface area contributed by atoms with Crippen LogP contribution in [-0.4, -0.2) is 38.0 Å². The number of fused-ring (bicyclic) bond motifs is 1. The summed E-state index contributed by atoms with van der Waals surface area (Å²) in [6, 6.07) is 3.07.